The van der Waals surface area contributed by atoms with E-state index in [-0.39, 0.29) is 23.6 Å². The molecule has 0 N–H and O–H groups in total. The third-order valence-electron chi connectivity index (χ3n) is 7.38. The van der Waals surface area contributed by atoms with Crippen molar-refractivity contribution in [3.63, 3.8) is 0 Å². The first-order chi connectivity index (χ1) is 17.4. The highest BCUT2D eigenvalue weighted by atomic mass is 35.5. The standard InChI is InChI=1S/C29H37ClN2O4Si/c1-7-8-14-24(26(22-15-16-25(30)31-20-22)36-37(5,6)29(2,3)4)27(33)32-23(17-18-35-28(32)34)19-21-12-10-9-11-13-21/h1,9-13,15-16,20,23-24,26H,8,14,17-19H2,2-6H3/t23-,24-,26-/m1/s1. The van der Waals surface area contributed by atoms with E-state index in [0.717, 1.165) is 11.1 Å². The molecule has 3 rings (SSSR count). The second kappa shape index (κ2) is 12.3. The normalized spacial score (nSPS) is 18.0. The van der Waals surface area contributed by atoms with Crippen LogP contribution < -0.4 is 0 Å². The summed E-state index contributed by atoms with van der Waals surface area (Å²) in [5.74, 6) is 1.63. The van der Waals surface area contributed by atoms with Crippen molar-refractivity contribution in [3.8, 4) is 12.3 Å². The van der Waals surface area contributed by atoms with Gasteiger partial charge in [-0.1, -0.05) is 68.8 Å². The highest BCUT2D eigenvalue weighted by Crippen LogP contribution is 2.43. The molecule has 1 aromatic heterocycles. The topological polar surface area (TPSA) is 68.7 Å². The fourth-order valence-corrected chi connectivity index (χ4v) is 5.63. The van der Waals surface area contributed by atoms with Crippen molar-refractivity contribution < 1.29 is 18.8 Å². The Morgan fingerprint density at radius 3 is 2.57 bits per heavy atom. The van der Waals surface area contributed by atoms with Crippen LogP contribution in [0.3, 0.4) is 0 Å². The highest BCUT2D eigenvalue weighted by Gasteiger charge is 2.46. The summed E-state index contributed by atoms with van der Waals surface area (Å²) in [4.78, 5) is 32.9. The van der Waals surface area contributed by atoms with Crippen LogP contribution in [0.5, 0.6) is 0 Å². The largest absolute Gasteiger partial charge is 0.449 e. The number of pyridine rings is 1. The van der Waals surface area contributed by atoms with Crippen LogP contribution in [-0.4, -0.2) is 42.9 Å². The summed E-state index contributed by atoms with van der Waals surface area (Å²) >= 11 is 6.08. The van der Waals surface area contributed by atoms with Gasteiger partial charge in [0.2, 0.25) is 5.91 Å². The van der Waals surface area contributed by atoms with E-state index >= 15 is 0 Å². The zero-order valence-electron chi connectivity index (χ0n) is 22.4. The number of nitrogens with zero attached hydrogens (tertiary/aromatic N) is 2. The van der Waals surface area contributed by atoms with E-state index in [9.17, 15) is 9.59 Å². The summed E-state index contributed by atoms with van der Waals surface area (Å²) < 4.78 is 12.2. The van der Waals surface area contributed by atoms with Gasteiger partial charge in [-0.25, -0.2) is 14.7 Å². The number of terminal acetylenes is 1. The molecular formula is C29H37ClN2O4Si. The van der Waals surface area contributed by atoms with Crippen molar-refractivity contribution in [1.29, 1.82) is 0 Å². The Bertz CT molecular complexity index is 1110. The molecule has 1 aliphatic rings. The van der Waals surface area contributed by atoms with Gasteiger partial charge in [0.1, 0.15) is 5.15 Å². The molecule has 2 heterocycles. The van der Waals surface area contributed by atoms with Crippen molar-refractivity contribution in [3.05, 3.63) is 64.9 Å². The molecule has 198 valence electrons. The molecule has 1 aliphatic heterocycles. The molecule has 0 radical (unpaired) electrons. The summed E-state index contributed by atoms with van der Waals surface area (Å²) in [6.45, 7) is 11.0. The Kier molecular flexibility index (Phi) is 9.57. The summed E-state index contributed by atoms with van der Waals surface area (Å²) in [5.41, 5.74) is 1.78. The molecule has 1 fully saturated rings. The van der Waals surface area contributed by atoms with Crippen LogP contribution in [0.15, 0.2) is 48.7 Å². The minimum absolute atomic E-state index is 0.106. The molecule has 1 aromatic carbocycles. The average molecular weight is 541 g/mol. The van der Waals surface area contributed by atoms with Crippen molar-refractivity contribution in [2.75, 3.05) is 6.61 Å². The lowest BCUT2D eigenvalue weighted by Crippen LogP contribution is -2.54. The van der Waals surface area contributed by atoms with E-state index in [2.05, 4.69) is 44.8 Å². The summed E-state index contributed by atoms with van der Waals surface area (Å²) in [6, 6.07) is 13.1. The van der Waals surface area contributed by atoms with Gasteiger partial charge in [-0.2, -0.15) is 0 Å². The van der Waals surface area contributed by atoms with E-state index < -0.39 is 26.4 Å². The second-order valence-electron chi connectivity index (χ2n) is 11.0. The molecule has 0 bridgehead atoms. The quantitative estimate of drug-likeness (QED) is 0.198. The minimum atomic E-state index is -2.36. The first-order valence-corrected chi connectivity index (χ1v) is 16.0. The maximum Gasteiger partial charge on any atom is 0.416 e. The van der Waals surface area contributed by atoms with Crippen molar-refractivity contribution in [1.82, 2.24) is 9.88 Å². The first-order valence-electron chi connectivity index (χ1n) is 12.7. The first kappa shape index (κ1) is 28.9. The van der Waals surface area contributed by atoms with E-state index in [4.69, 9.17) is 27.2 Å². The van der Waals surface area contributed by atoms with Crippen LogP contribution in [0.2, 0.25) is 23.3 Å². The second-order valence-corrected chi connectivity index (χ2v) is 16.2. The number of ether oxygens (including phenoxy) is 1. The third-order valence-corrected chi connectivity index (χ3v) is 12.1. The number of aromatic nitrogens is 1. The molecule has 1 saturated heterocycles. The Morgan fingerprint density at radius 1 is 1.27 bits per heavy atom. The maximum absolute atomic E-state index is 14.3. The summed E-state index contributed by atoms with van der Waals surface area (Å²) in [5, 5.41) is 0.244. The molecule has 0 spiro atoms. The van der Waals surface area contributed by atoms with Crippen molar-refractivity contribution >= 4 is 31.9 Å². The minimum Gasteiger partial charge on any atom is -0.449 e. The Morgan fingerprint density at radius 2 is 1.97 bits per heavy atom. The molecule has 0 saturated carbocycles. The molecule has 2 amide bonds. The van der Waals surface area contributed by atoms with Gasteiger partial charge in [0.05, 0.1) is 24.7 Å². The number of halogens is 1. The van der Waals surface area contributed by atoms with Gasteiger partial charge >= 0.3 is 6.09 Å². The van der Waals surface area contributed by atoms with Gasteiger partial charge in [0.15, 0.2) is 8.32 Å². The Hall–Kier alpha value is -2.66. The number of carbonyl (C=O) groups excluding carboxylic acids is 2. The highest BCUT2D eigenvalue weighted by molar-refractivity contribution is 6.74. The van der Waals surface area contributed by atoms with Crippen molar-refractivity contribution in [2.24, 2.45) is 5.92 Å². The van der Waals surface area contributed by atoms with Crippen LogP contribution in [0, 0.1) is 18.3 Å². The average Bonchev–Trinajstić information content (AvgIpc) is 2.84. The van der Waals surface area contributed by atoms with Crippen LogP contribution in [-0.2, 0) is 20.4 Å². The number of imide groups is 1. The van der Waals surface area contributed by atoms with E-state index in [0.29, 0.717) is 30.8 Å². The molecule has 8 heteroatoms. The SMILES string of the molecule is C#CCC[C@@H](C(=O)N1C(=O)OCC[C@@H]1Cc1ccccc1)[C@H](O[Si](C)(C)C(C)(C)C)c1ccc(Cl)nc1. The molecule has 0 unspecified atom stereocenters. The predicted octanol–water partition coefficient (Wildman–Crippen LogP) is 6.81. The van der Waals surface area contributed by atoms with Gasteiger partial charge in [-0.3, -0.25) is 4.79 Å². The fraction of sp³-hybridized carbons (Fsp3) is 0.483. The molecular weight excluding hydrogens is 504 g/mol. The predicted molar refractivity (Wildman–Crippen MR) is 149 cm³/mol. The third kappa shape index (κ3) is 7.22. The van der Waals surface area contributed by atoms with Crippen LogP contribution in [0.25, 0.3) is 0 Å². The van der Waals surface area contributed by atoms with E-state index in [1.165, 1.54) is 4.90 Å². The number of carbonyl (C=O) groups is 2. The molecule has 37 heavy (non-hydrogen) atoms. The zero-order valence-corrected chi connectivity index (χ0v) is 24.1. The molecule has 3 atom stereocenters. The van der Waals surface area contributed by atoms with Crippen LogP contribution in [0.4, 0.5) is 4.79 Å². The Balaban J connectivity index is 2.03. The number of cyclic esters (lactones) is 1. The smallest absolute Gasteiger partial charge is 0.416 e. The molecule has 6 nitrogen and oxygen atoms in total. The van der Waals surface area contributed by atoms with Crippen molar-refractivity contribution in [2.45, 2.75) is 76.7 Å². The van der Waals surface area contributed by atoms with Gasteiger partial charge in [0.25, 0.3) is 0 Å². The van der Waals surface area contributed by atoms with Crippen LogP contribution in [0.1, 0.15) is 57.3 Å². The molecule has 2 aromatic rings. The van der Waals surface area contributed by atoms with E-state index in [1.807, 2.05) is 36.4 Å². The number of hydrogen-bond acceptors (Lipinski definition) is 5. The number of rotatable bonds is 9. The number of hydrogen-bond donors (Lipinski definition) is 0. The number of benzene rings is 1. The lowest BCUT2D eigenvalue weighted by molar-refractivity contribution is -0.141. The summed E-state index contributed by atoms with van der Waals surface area (Å²) in [7, 11) is -2.36. The van der Waals surface area contributed by atoms with Gasteiger partial charge in [-0.05, 0) is 48.2 Å². The summed E-state index contributed by atoms with van der Waals surface area (Å²) in [6.07, 6.45) is 7.86. The molecule has 0 aliphatic carbocycles. The monoisotopic (exact) mass is 540 g/mol. The fourth-order valence-electron chi connectivity index (χ4n) is 4.23. The van der Waals surface area contributed by atoms with Gasteiger partial charge in [-0.15, -0.1) is 12.3 Å². The Labute approximate surface area is 226 Å². The lowest BCUT2D eigenvalue weighted by Gasteiger charge is -2.43. The van der Waals surface area contributed by atoms with Gasteiger partial charge in [0, 0.05) is 19.0 Å². The number of amides is 2. The van der Waals surface area contributed by atoms with Gasteiger partial charge < -0.3 is 9.16 Å². The lowest BCUT2D eigenvalue weighted by atomic mass is 9.89. The van der Waals surface area contributed by atoms with Crippen LogP contribution >= 0.6 is 11.6 Å². The zero-order chi connectivity index (χ0) is 27.2. The van der Waals surface area contributed by atoms with E-state index in [1.54, 1.807) is 12.3 Å². The maximum atomic E-state index is 14.3.